The number of rotatable bonds is 3. The zero-order chi connectivity index (χ0) is 20.5. The molecule has 2 amide bonds. The minimum absolute atomic E-state index is 0.000319. The molecule has 29 heavy (non-hydrogen) atoms. The highest BCUT2D eigenvalue weighted by atomic mass is 32.1. The molecule has 0 aliphatic carbocycles. The van der Waals surface area contributed by atoms with Gasteiger partial charge in [-0.1, -0.05) is 0 Å². The van der Waals surface area contributed by atoms with Crippen molar-refractivity contribution in [1.82, 2.24) is 4.90 Å². The maximum Gasteiger partial charge on any atom is 0.263 e. The van der Waals surface area contributed by atoms with Crippen molar-refractivity contribution in [2.75, 3.05) is 18.4 Å². The van der Waals surface area contributed by atoms with E-state index < -0.39 is 28.9 Å². The zero-order valence-corrected chi connectivity index (χ0v) is 16.1. The van der Waals surface area contributed by atoms with Crippen molar-refractivity contribution < 1.29 is 22.8 Å². The number of thiophene rings is 1. The maximum atomic E-state index is 13.8. The van der Waals surface area contributed by atoms with Crippen LogP contribution >= 0.6 is 11.3 Å². The van der Waals surface area contributed by atoms with E-state index in [0.29, 0.717) is 16.6 Å². The number of carbonyl (C=O) groups excluding carboxylic acids is 2. The van der Waals surface area contributed by atoms with Gasteiger partial charge in [-0.15, -0.1) is 11.3 Å². The lowest BCUT2D eigenvalue weighted by Gasteiger charge is -2.26. The Morgan fingerprint density at radius 2 is 1.69 bits per heavy atom. The average Bonchev–Trinajstić information content (AvgIpc) is 3.15. The van der Waals surface area contributed by atoms with Crippen molar-refractivity contribution >= 4 is 38.9 Å². The number of amides is 2. The van der Waals surface area contributed by atoms with Crippen LogP contribution in [0.2, 0.25) is 0 Å². The third-order valence-corrected chi connectivity index (χ3v) is 6.01. The Hall–Kier alpha value is -2.87. The molecule has 0 bridgehead atoms. The molecule has 1 saturated heterocycles. The predicted molar refractivity (Wildman–Crippen MR) is 106 cm³/mol. The minimum atomic E-state index is -1.69. The number of fused-ring (bicyclic) bond motifs is 1. The Balaban J connectivity index is 1.55. The lowest BCUT2D eigenvalue weighted by molar-refractivity contribution is 0.0729. The van der Waals surface area contributed by atoms with Gasteiger partial charge in [-0.05, 0) is 61.0 Å². The molecule has 0 spiro atoms. The van der Waals surface area contributed by atoms with Crippen LogP contribution in [0.1, 0.15) is 39.3 Å². The van der Waals surface area contributed by atoms with E-state index in [1.54, 1.807) is 24.3 Å². The number of hydrogen-bond acceptors (Lipinski definition) is 3. The van der Waals surface area contributed by atoms with E-state index in [9.17, 15) is 22.8 Å². The number of nitrogens with zero attached hydrogens (tertiary/aromatic N) is 1. The van der Waals surface area contributed by atoms with Crippen LogP contribution in [0.25, 0.3) is 10.1 Å². The quantitative estimate of drug-likeness (QED) is 0.595. The summed E-state index contributed by atoms with van der Waals surface area (Å²) in [6, 6.07) is 8.39. The van der Waals surface area contributed by atoms with Crippen molar-refractivity contribution in [1.29, 1.82) is 0 Å². The number of likely N-dealkylation sites (tertiary alicyclic amines) is 1. The van der Waals surface area contributed by atoms with E-state index in [1.165, 1.54) is 11.3 Å². The molecule has 4 nitrogen and oxygen atoms in total. The van der Waals surface area contributed by atoms with Crippen molar-refractivity contribution in [2.24, 2.45) is 0 Å². The Morgan fingerprint density at radius 3 is 2.45 bits per heavy atom. The smallest absolute Gasteiger partial charge is 0.263 e. The number of benzene rings is 2. The number of halogens is 3. The van der Waals surface area contributed by atoms with E-state index in [0.717, 1.165) is 48.5 Å². The summed E-state index contributed by atoms with van der Waals surface area (Å²) in [7, 11) is 0. The highest BCUT2D eigenvalue weighted by Crippen LogP contribution is 2.30. The molecule has 4 rings (SSSR count). The summed E-state index contributed by atoms with van der Waals surface area (Å²) in [6.45, 7) is 1.52. The summed E-state index contributed by atoms with van der Waals surface area (Å²) < 4.78 is 41.1. The Labute approximate surface area is 168 Å². The SMILES string of the molecule is O=C(Nc1ccc2sc(C(=O)N3CCCCC3)cc2c1)c1ccc(F)c(F)c1F. The number of carbonyl (C=O) groups is 2. The van der Waals surface area contributed by atoms with Gasteiger partial charge in [0.2, 0.25) is 0 Å². The summed E-state index contributed by atoms with van der Waals surface area (Å²) in [5.41, 5.74) is -0.225. The number of piperidine rings is 1. The summed E-state index contributed by atoms with van der Waals surface area (Å²) >= 11 is 1.37. The first kappa shape index (κ1) is 19.4. The van der Waals surface area contributed by atoms with Gasteiger partial charge in [0.15, 0.2) is 17.5 Å². The molecule has 1 aromatic heterocycles. The van der Waals surface area contributed by atoms with Crippen molar-refractivity contribution in [3.8, 4) is 0 Å². The average molecular weight is 418 g/mol. The van der Waals surface area contributed by atoms with Gasteiger partial charge in [-0.2, -0.15) is 0 Å². The normalized spacial score (nSPS) is 14.2. The second-order valence-electron chi connectivity index (χ2n) is 6.89. The molecule has 2 aromatic carbocycles. The molecule has 8 heteroatoms. The molecule has 1 aliphatic heterocycles. The lowest BCUT2D eigenvalue weighted by Crippen LogP contribution is -2.35. The standard InChI is InChI=1S/C21H17F3N2O2S/c22-15-6-5-14(18(23)19(15)24)20(27)25-13-4-7-16-12(10-13)11-17(29-16)21(28)26-8-2-1-3-9-26/h4-7,10-11H,1-3,8-9H2,(H,25,27). The second kappa shape index (κ2) is 7.87. The largest absolute Gasteiger partial charge is 0.338 e. The van der Waals surface area contributed by atoms with Crippen LogP contribution in [0.5, 0.6) is 0 Å². The number of nitrogens with one attached hydrogen (secondary N) is 1. The van der Waals surface area contributed by atoms with Crippen LogP contribution in [0, 0.1) is 17.5 Å². The third-order valence-electron chi connectivity index (χ3n) is 4.91. The Morgan fingerprint density at radius 1 is 0.931 bits per heavy atom. The third kappa shape index (κ3) is 3.85. The van der Waals surface area contributed by atoms with Gasteiger partial charge < -0.3 is 10.2 Å². The summed E-state index contributed by atoms with van der Waals surface area (Å²) in [5.74, 6) is -5.47. The van der Waals surface area contributed by atoms with Crippen LogP contribution in [-0.4, -0.2) is 29.8 Å². The molecular weight excluding hydrogens is 401 g/mol. The summed E-state index contributed by atoms with van der Waals surface area (Å²) in [4.78, 5) is 27.4. The van der Waals surface area contributed by atoms with Crippen LogP contribution in [0.4, 0.5) is 18.9 Å². The monoisotopic (exact) mass is 418 g/mol. The summed E-state index contributed by atoms with van der Waals surface area (Å²) in [5, 5.41) is 3.24. The van der Waals surface area contributed by atoms with Gasteiger partial charge in [0.1, 0.15) is 0 Å². The highest BCUT2D eigenvalue weighted by molar-refractivity contribution is 7.20. The van der Waals surface area contributed by atoms with Gasteiger partial charge in [0.05, 0.1) is 10.4 Å². The molecule has 3 aromatic rings. The summed E-state index contributed by atoms with van der Waals surface area (Å²) in [6.07, 6.45) is 3.15. The fourth-order valence-corrected chi connectivity index (χ4v) is 4.39. The van der Waals surface area contributed by atoms with Crippen LogP contribution in [-0.2, 0) is 0 Å². The molecule has 0 atom stereocenters. The molecule has 0 saturated carbocycles. The Bertz CT molecular complexity index is 1110. The van der Waals surface area contributed by atoms with E-state index >= 15 is 0 Å². The first-order chi connectivity index (χ1) is 13.9. The van der Waals surface area contributed by atoms with Crippen molar-refractivity contribution in [2.45, 2.75) is 19.3 Å². The van der Waals surface area contributed by atoms with Crippen LogP contribution in [0.3, 0.4) is 0 Å². The molecule has 1 N–H and O–H groups in total. The molecule has 2 heterocycles. The van der Waals surface area contributed by atoms with Gasteiger partial charge in [-0.25, -0.2) is 13.2 Å². The van der Waals surface area contributed by atoms with Crippen molar-refractivity contribution in [3.05, 3.63) is 64.3 Å². The molecule has 150 valence electrons. The van der Waals surface area contributed by atoms with E-state index in [-0.39, 0.29) is 5.91 Å². The molecule has 1 fully saturated rings. The highest BCUT2D eigenvalue weighted by Gasteiger charge is 2.21. The first-order valence-electron chi connectivity index (χ1n) is 9.22. The molecule has 0 radical (unpaired) electrons. The van der Waals surface area contributed by atoms with Gasteiger partial charge in [-0.3, -0.25) is 9.59 Å². The topological polar surface area (TPSA) is 49.4 Å². The predicted octanol–water partition coefficient (Wildman–Crippen LogP) is 5.20. The molecule has 0 unspecified atom stereocenters. The minimum Gasteiger partial charge on any atom is -0.338 e. The van der Waals surface area contributed by atoms with E-state index in [2.05, 4.69) is 5.32 Å². The maximum absolute atomic E-state index is 13.8. The molecular formula is C21H17F3N2O2S. The number of hydrogen-bond donors (Lipinski definition) is 1. The first-order valence-corrected chi connectivity index (χ1v) is 10.0. The second-order valence-corrected chi connectivity index (χ2v) is 7.98. The van der Waals surface area contributed by atoms with Crippen LogP contribution < -0.4 is 5.32 Å². The fourth-order valence-electron chi connectivity index (χ4n) is 3.38. The molecule has 1 aliphatic rings. The van der Waals surface area contributed by atoms with Crippen LogP contribution in [0.15, 0.2) is 36.4 Å². The zero-order valence-electron chi connectivity index (χ0n) is 15.3. The fraction of sp³-hybridized carbons (Fsp3) is 0.238. The van der Waals surface area contributed by atoms with Gasteiger partial charge >= 0.3 is 0 Å². The van der Waals surface area contributed by atoms with E-state index in [4.69, 9.17) is 0 Å². The van der Waals surface area contributed by atoms with E-state index in [1.807, 2.05) is 4.90 Å². The Kier molecular flexibility index (Phi) is 5.27. The van der Waals surface area contributed by atoms with Gasteiger partial charge in [0.25, 0.3) is 11.8 Å². The number of anilines is 1. The van der Waals surface area contributed by atoms with Crippen molar-refractivity contribution in [3.63, 3.8) is 0 Å². The van der Waals surface area contributed by atoms with Gasteiger partial charge in [0, 0.05) is 23.5 Å². The lowest BCUT2D eigenvalue weighted by atomic mass is 10.1.